The summed E-state index contributed by atoms with van der Waals surface area (Å²) in [5.41, 5.74) is -5.20. The van der Waals surface area contributed by atoms with E-state index in [2.05, 4.69) is 20.5 Å². The molecule has 174 valence electrons. The van der Waals surface area contributed by atoms with Gasteiger partial charge in [-0.1, -0.05) is 23.7 Å². The first-order valence-corrected chi connectivity index (χ1v) is 10.0. The monoisotopic (exact) mass is 491 g/mol. The number of aromatic nitrogens is 5. The quantitative estimate of drug-likeness (QED) is 0.308. The normalized spacial score (nSPS) is 13.5. The average Bonchev–Trinajstić information content (AvgIpc) is 3.31. The molecule has 0 amide bonds. The van der Waals surface area contributed by atoms with E-state index in [4.69, 9.17) is 11.6 Å². The second-order valence-electron chi connectivity index (χ2n) is 7.36. The molecule has 2 aromatic heterocycles. The van der Waals surface area contributed by atoms with Gasteiger partial charge >= 0.3 is 5.92 Å². The second kappa shape index (κ2) is 8.92. The fraction of sp³-hybridized carbons (Fsp3) is 0.136. The first-order chi connectivity index (χ1) is 16.2. The molecule has 34 heavy (non-hydrogen) atoms. The van der Waals surface area contributed by atoms with E-state index in [9.17, 15) is 18.7 Å². The summed E-state index contributed by atoms with van der Waals surface area (Å²) in [4.78, 5) is 15.1. The number of aldehydes is 1. The zero-order chi connectivity index (χ0) is 24.5. The van der Waals surface area contributed by atoms with Gasteiger partial charge in [0.05, 0.1) is 6.54 Å². The lowest BCUT2D eigenvalue weighted by atomic mass is 9.82. The molecule has 0 radical (unpaired) electrons. The van der Waals surface area contributed by atoms with E-state index in [1.807, 2.05) is 0 Å². The molecular formula is C22H14ClF4N5O2. The molecular weight excluding hydrogens is 478 g/mol. The van der Waals surface area contributed by atoms with Crippen LogP contribution in [0.15, 0.2) is 61.1 Å². The van der Waals surface area contributed by atoms with Gasteiger partial charge in [-0.15, -0.1) is 5.10 Å². The van der Waals surface area contributed by atoms with Gasteiger partial charge in [-0.2, -0.15) is 8.78 Å². The van der Waals surface area contributed by atoms with Gasteiger partial charge in [0.1, 0.15) is 23.7 Å². The predicted octanol–water partition coefficient (Wildman–Crippen LogP) is 4.16. The lowest BCUT2D eigenvalue weighted by Gasteiger charge is -2.36. The average molecular weight is 492 g/mol. The van der Waals surface area contributed by atoms with E-state index >= 15 is 8.78 Å². The number of carbonyl (C=O) groups is 1. The van der Waals surface area contributed by atoms with Gasteiger partial charge < -0.3 is 5.11 Å². The summed E-state index contributed by atoms with van der Waals surface area (Å²) >= 11 is 5.90. The van der Waals surface area contributed by atoms with E-state index in [-0.39, 0.29) is 16.7 Å². The van der Waals surface area contributed by atoms with Crippen LogP contribution in [0.25, 0.3) is 11.1 Å². The van der Waals surface area contributed by atoms with Gasteiger partial charge in [0, 0.05) is 34.0 Å². The van der Waals surface area contributed by atoms with Crippen LogP contribution in [0.3, 0.4) is 0 Å². The number of hydrogen-bond donors (Lipinski definition) is 1. The lowest BCUT2D eigenvalue weighted by molar-refractivity contribution is -0.207. The zero-order valence-corrected chi connectivity index (χ0v) is 17.8. The third kappa shape index (κ3) is 4.15. The number of carbonyl (C=O) groups excluding carboxylic acids is 1. The summed E-state index contributed by atoms with van der Waals surface area (Å²) in [6.07, 6.45) is 2.26. The number of rotatable bonds is 7. The molecule has 7 nitrogen and oxygen atoms in total. The highest BCUT2D eigenvalue weighted by atomic mass is 35.5. The predicted molar refractivity (Wildman–Crippen MR) is 112 cm³/mol. The minimum atomic E-state index is -4.30. The largest absolute Gasteiger partial charge is 0.377 e. The lowest BCUT2D eigenvalue weighted by Crippen LogP contribution is -2.48. The summed E-state index contributed by atoms with van der Waals surface area (Å²) < 4.78 is 61.5. The summed E-state index contributed by atoms with van der Waals surface area (Å²) in [6, 6.07) is 8.72. The Labute approximate surface area is 194 Å². The molecule has 0 aliphatic rings. The van der Waals surface area contributed by atoms with E-state index in [1.54, 1.807) is 0 Å². The number of aliphatic hydroxyl groups is 1. The van der Waals surface area contributed by atoms with Crippen molar-refractivity contribution in [3.63, 3.8) is 0 Å². The Morgan fingerprint density at radius 1 is 1.09 bits per heavy atom. The number of alkyl halides is 2. The van der Waals surface area contributed by atoms with Crippen molar-refractivity contribution in [1.82, 2.24) is 25.2 Å². The molecule has 0 spiro atoms. The van der Waals surface area contributed by atoms with Crippen LogP contribution in [0.2, 0.25) is 5.02 Å². The van der Waals surface area contributed by atoms with Gasteiger partial charge in [-0.3, -0.25) is 9.78 Å². The Bertz CT molecular complexity index is 1340. The van der Waals surface area contributed by atoms with Crippen molar-refractivity contribution in [1.29, 1.82) is 0 Å². The molecule has 1 atom stereocenters. The minimum Gasteiger partial charge on any atom is -0.377 e. The van der Waals surface area contributed by atoms with Gasteiger partial charge in [0.15, 0.2) is 11.9 Å². The minimum absolute atomic E-state index is 0.0125. The maximum absolute atomic E-state index is 16.3. The Hall–Kier alpha value is -3.70. The van der Waals surface area contributed by atoms with Gasteiger partial charge in [0.2, 0.25) is 0 Å². The standard InChI is InChI=1S/C22H14ClF4N5O2/c23-15-3-1-14(2-4-15)17-7-13(10-33)9-28-20(17)22(26,27)21(34,11-32-12-29-30-31-32)18-6-5-16(24)8-19(18)25/h1-10,12,34H,11H2. The van der Waals surface area contributed by atoms with E-state index in [1.165, 1.54) is 24.3 Å². The smallest absolute Gasteiger partial charge is 0.324 e. The molecule has 0 fully saturated rings. The number of halogens is 5. The third-order valence-electron chi connectivity index (χ3n) is 5.18. The highest BCUT2D eigenvalue weighted by Gasteiger charge is 2.58. The molecule has 0 aliphatic carbocycles. The molecule has 12 heteroatoms. The van der Waals surface area contributed by atoms with Crippen molar-refractivity contribution < 1.29 is 27.5 Å². The number of pyridine rings is 1. The fourth-order valence-electron chi connectivity index (χ4n) is 3.51. The van der Waals surface area contributed by atoms with Crippen molar-refractivity contribution in [3.05, 3.63) is 94.5 Å². The number of benzene rings is 2. The summed E-state index contributed by atoms with van der Waals surface area (Å²) in [6.45, 7) is -1.01. The van der Waals surface area contributed by atoms with Crippen molar-refractivity contribution in [3.8, 4) is 11.1 Å². The SMILES string of the molecule is O=Cc1cnc(C(F)(F)C(O)(Cn2cnnn2)c2ccc(F)cc2F)c(-c2ccc(Cl)cc2)c1. The van der Waals surface area contributed by atoms with Crippen molar-refractivity contribution in [2.45, 2.75) is 18.1 Å². The first-order valence-electron chi connectivity index (χ1n) is 9.64. The molecule has 2 aromatic carbocycles. The van der Waals surface area contributed by atoms with Crippen LogP contribution in [-0.4, -0.2) is 36.6 Å². The van der Waals surface area contributed by atoms with Gasteiger partial charge in [0.25, 0.3) is 0 Å². The highest BCUT2D eigenvalue weighted by Crippen LogP contribution is 2.49. The maximum atomic E-state index is 16.3. The van der Waals surface area contributed by atoms with E-state index in [0.29, 0.717) is 23.4 Å². The summed E-state index contributed by atoms with van der Waals surface area (Å²) in [5, 5.41) is 21.9. The van der Waals surface area contributed by atoms with Gasteiger partial charge in [-0.05, 0) is 46.3 Å². The molecule has 4 rings (SSSR count). The van der Waals surface area contributed by atoms with Gasteiger partial charge in [-0.25, -0.2) is 13.5 Å². The Kier molecular flexibility index (Phi) is 6.15. The van der Waals surface area contributed by atoms with Crippen LogP contribution in [-0.2, 0) is 18.1 Å². The van der Waals surface area contributed by atoms with Crippen LogP contribution >= 0.6 is 11.6 Å². The van der Waals surface area contributed by atoms with Crippen molar-refractivity contribution >= 4 is 17.9 Å². The Balaban J connectivity index is 1.97. The zero-order valence-electron chi connectivity index (χ0n) is 17.0. The van der Waals surface area contributed by atoms with Crippen LogP contribution in [0.4, 0.5) is 17.6 Å². The summed E-state index contributed by atoms with van der Waals surface area (Å²) in [5.74, 6) is -6.73. The molecule has 4 aromatic rings. The molecule has 0 aliphatic heterocycles. The van der Waals surface area contributed by atoms with Crippen LogP contribution < -0.4 is 0 Å². The van der Waals surface area contributed by atoms with Crippen LogP contribution in [0.5, 0.6) is 0 Å². The molecule has 0 saturated heterocycles. The van der Waals surface area contributed by atoms with E-state index in [0.717, 1.165) is 29.3 Å². The van der Waals surface area contributed by atoms with Crippen molar-refractivity contribution in [2.24, 2.45) is 0 Å². The topological polar surface area (TPSA) is 93.8 Å². The fourth-order valence-corrected chi connectivity index (χ4v) is 3.63. The van der Waals surface area contributed by atoms with Crippen LogP contribution in [0.1, 0.15) is 21.6 Å². The molecule has 0 saturated carbocycles. The molecule has 2 heterocycles. The highest BCUT2D eigenvalue weighted by molar-refractivity contribution is 6.30. The summed E-state index contributed by atoms with van der Waals surface area (Å²) in [7, 11) is 0. The molecule has 1 N–H and O–H groups in total. The molecule has 0 bridgehead atoms. The third-order valence-corrected chi connectivity index (χ3v) is 5.43. The van der Waals surface area contributed by atoms with Crippen LogP contribution in [0, 0.1) is 11.6 Å². The maximum Gasteiger partial charge on any atom is 0.324 e. The molecule has 1 unspecified atom stereocenters. The number of hydrogen-bond acceptors (Lipinski definition) is 6. The van der Waals surface area contributed by atoms with E-state index < -0.39 is 41.0 Å². The Morgan fingerprint density at radius 2 is 1.82 bits per heavy atom. The number of tetrazole rings is 1. The number of nitrogens with zero attached hydrogens (tertiary/aromatic N) is 5. The van der Waals surface area contributed by atoms with Crippen molar-refractivity contribution in [2.75, 3.05) is 0 Å². The first kappa shape index (κ1) is 23.5. The second-order valence-corrected chi connectivity index (χ2v) is 7.79. The Morgan fingerprint density at radius 3 is 2.44 bits per heavy atom.